The molecule has 0 aliphatic carbocycles. The Hall–Kier alpha value is -2.16. The summed E-state index contributed by atoms with van der Waals surface area (Å²) >= 11 is 0. The van der Waals surface area contributed by atoms with Gasteiger partial charge in [0.25, 0.3) is 0 Å². The number of anilines is 1. The molecule has 0 fully saturated rings. The third-order valence-corrected chi connectivity index (χ3v) is 4.66. The van der Waals surface area contributed by atoms with Crippen LogP contribution in [0.2, 0.25) is 0 Å². The standard InChI is InChI=1S/C23H32N2O/c1-3-4-5-6-7-8-9-10-16-24-23-21(15-12-17-25-23)22(26)20-14-11-13-19(2)18-20/h11-15,17-18H,3-10,16H2,1-2H3,(H,24,25). The van der Waals surface area contributed by atoms with Gasteiger partial charge in [0.05, 0.1) is 5.56 Å². The van der Waals surface area contributed by atoms with Crippen molar-refractivity contribution < 1.29 is 4.79 Å². The lowest BCUT2D eigenvalue weighted by Gasteiger charge is -2.10. The van der Waals surface area contributed by atoms with Gasteiger partial charge in [-0.3, -0.25) is 4.79 Å². The largest absolute Gasteiger partial charge is 0.369 e. The van der Waals surface area contributed by atoms with E-state index in [1.54, 1.807) is 6.20 Å². The maximum absolute atomic E-state index is 12.8. The highest BCUT2D eigenvalue weighted by Crippen LogP contribution is 2.18. The molecule has 1 aromatic heterocycles. The van der Waals surface area contributed by atoms with Crippen LogP contribution in [0.3, 0.4) is 0 Å². The maximum atomic E-state index is 12.8. The minimum absolute atomic E-state index is 0.0280. The number of pyridine rings is 1. The first kappa shape index (κ1) is 20.2. The van der Waals surface area contributed by atoms with Crippen LogP contribution in [-0.2, 0) is 0 Å². The number of carbonyl (C=O) groups excluding carboxylic acids is 1. The van der Waals surface area contributed by atoms with E-state index < -0.39 is 0 Å². The van der Waals surface area contributed by atoms with Crippen LogP contribution in [0.1, 0.15) is 79.8 Å². The zero-order chi connectivity index (χ0) is 18.6. The summed E-state index contributed by atoms with van der Waals surface area (Å²) in [5.41, 5.74) is 2.46. The van der Waals surface area contributed by atoms with E-state index in [1.807, 2.05) is 43.3 Å². The highest BCUT2D eigenvalue weighted by Gasteiger charge is 2.14. The molecule has 0 amide bonds. The smallest absolute Gasteiger partial charge is 0.196 e. The second-order valence-electron chi connectivity index (χ2n) is 7.00. The van der Waals surface area contributed by atoms with Crippen LogP contribution >= 0.6 is 0 Å². The number of unbranched alkanes of at least 4 members (excludes halogenated alkanes) is 7. The van der Waals surface area contributed by atoms with Crippen molar-refractivity contribution in [1.29, 1.82) is 0 Å². The highest BCUT2D eigenvalue weighted by atomic mass is 16.1. The summed E-state index contributed by atoms with van der Waals surface area (Å²) in [5.74, 6) is 0.724. The average Bonchev–Trinajstić information content (AvgIpc) is 2.66. The summed E-state index contributed by atoms with van der Waals surface area (Å²) in [7, 11) is 0. The normalized spacial score (nSPS) is 10.7. The van der Waals surface area contributed by atoms with E-state index in [0.29, 0.717) is 16.9 Å². The van der Waals surface area contributed by atoms with Crippen molar-refractivity contribution in [2.75, 3.05) is 11.9 Å². The Morgan fingerprint density at radius 1 is 0.962 bits per heavy atom. The van der Waals surface area contributed by atoms with E-state index in [1.165, 1.54) is 44.9 Å². The van der Waals surface area contributed by atoms with E-state index in [-0.39, 0.29) is 5.78 Å². The van der Waals surface area contributed by atoms with E-state index >= 15 is 0 Å². The summed E-state index contributed by atoms with van der Waals surface area (Å²) in [6.07, 6.45) is 12.1. The van der Waals surface area contributed by atoms with Gasteiger partial charge in [-0.1, -0.05) is 75.6 Å². The lowest BCUT2D eigenvalue weighted by Crippen LogP contribution is -2.10. The number of rotatable bonds is 12. The Kier molecular flexibility index (Phi) is 8.88. The maximum Gasteiger partial charge on any atom is 0.196 e. The number of benzene rings is 1. The molecule has 0 bridgehead atoms. The van der Waals surface area contributed by atoms with Gasteiger partial charge in [0.1, 0.15) is 5.82 Å². The first-order chi connectivity index (χ1) is 12.7. The van der Waals surface area contributed by atoms with Gasteiger partial charge in [-0.25, -0.2) is 4.98 Å². The molecule has 0 saturated heterocycles. The Bertz CT molecular complexity index is 681. The fourth-order valence-electron chi connectivity index (χ4n) is 3.14. The van der Waals surface area contributed by atoms with Crippen molar-refractivity contribution >= 4 is 11.6 Å². The molecule has 0 aliphatic heterocycles. The summed E-state index contributed by atoms with van der Waals surface area (Å²) < 4.78 is 0. The van der Waals surface area contributed by atoms with Crippen molar-refractivity contribution in [2.45, 2.75) is 65.2 Å². The van der Waals surface area contributed by atoms with Crippen LogP contribution in [0.4, 0.5) is 5.82 Å². The Morgan fingerprint density at radius 2 is 1.69 bits per heavy atom. The number of aromatic nitrogens is 1. The van der Waals surface area contributed by atoms with Crippen LogP contribution in [0, 0.1) is 6.92 Å². The monoisotopic (exact) mass is 352 g/mol. The summed E-state index contributed by atoms with van der Waals surface area (Å²) in [5, 5.41) is 3.36. The molecule has 0 atom stereocenters. The Morgan fingerprint density at radius 3 is 2.42 bits per heavy atom. The van der Waals surface area contributed by atoms with Gasteiger partial charge in [0.15, 0.2) is 5.78 Å². The van der Waals surface area contributed by atoms with Crippen molar-refractivity contribution in [3.63, 3.8) is 0 Å². The number of carbonyl (C=O) groups is 1. The number of hydrogen-bond acceptors (Lipinski definition) is 3. The molecular weight excluding hydrogens is 320 g/mol. The molecule has 2 aromatic rings. The molecule has 0 spiro atoms. The molecule has 0 saturated carbocycles. The van der Waals surface area contributed by atoms with E-state index in [9.17, 15) is 4.79 Å². The highest BCUT2D eigenvalue weighted by molar-refractivity contribution is 6.11. The molecule has 1 N–H and O–H groups in total. The lowest BCUT2D eigenvalue weighted by atomic mass is 10.0. The van der Waals surface area contributed by atoms with Gasteiger partial charge in [0, 0.05) is 18.3 Å². The van der Waals surface area contributed by atoms with Crippen molar-refractivity contribution in [2.24, 2.45) is 0 Å². The zero-order valence-corrected chi connectivity index (χ0v) is 16.3. The van der Waals surface area contributed by atoms with Gasteiger partial charge in [0.2, 0.25) is 0 Å². The average molecular weight is 353 g/mol. The first-order valence-corrected chi connectivity index (χ1v) is 10.0. The molecule has 3 nitrogen and oxygen atoms in total. The van der Waals surface area contributed by atoms with Crippen LogP contribution < -0.4 is 5.32 Å². The Labute approximate surface area is 158 Å². The van der Waals surface area contributed by atoms with Crippen molar-refractivity contribution in [1.82, 2.24) is 4.98 Å². The summed E-state index contributed by atoms with van der Waals surface area (Å²) in [6.45, 7) is 5.11. The van der Waals surface area contributed by atoms with Crippen LogP contribution in [0.15, 0.2) is 42.6 Å². The van der Waals surface area contributed by atoms with Gasteiger partial charge in [-0.2, -0.15) is 0 Å². The fraction of sp³-hybridized carbons (Fsp3) is 0.478. The quantitative estimate of drug-likeness (QED) is 0.367. The third-order valence-electron chi connectivity index (χ3n) is 4.66. The van der Waals surface area contributed by atoms with Gasteiger partial charge in [-0.05, 0) is 31.5 Å². The van der Waals surface area contributed by atoms with Crippen LogP contribution in [0.25, 0.3) is 0 Å². The van der Waals surface area contributed by atoms with Crippen LogP contribution in [0.5, 0.6) is 0 Å². The second-order valence-corrected chi connectivity index (χ2v) is 7.00. The van der Waals surface area contributed by atoms with Crippen LogP contribution in [-0.4, -0.2) is 17.3 Å². The second kappa shape index (κ2) is 11.5. The molecule has 0 radical (unpaired) electrons. The lowest BCUT2D eigenvalue weighted by molar-refractivity contribution is 0.103. The summed E-state index contributed by atoms with van der Waals surface area (Å²) in [4.78, 5) is 17.2. The predicted molar refractivity (Wildman–Crippen MR) is 110 cm³/mol. The minimum atomic E-state index is 0.0280. The third kappa shape index (κ3) is 6.62. The Balaban J connectivity index is 1.81. The zero-order valence-electron chi connectivity index (χ0n) is 16.3. The topological polar surface area (TPSA) is 42.0 Å². The number of aryl methyl sites for hydroxylation is 1. The van der Waals surface area contributed by atoms with Gasteiger partial charge in [-0.15, -0.1) is 0 Å². The molecular formula is C23H32N2O. The predicted octanol–water partition coefficient (Wildman–Crippen LogP) is 6.17. The van der Waals surface area contributed by atoms with Crippen molar-refractivity contribution in [3.05, 3.63) is 59.3 Å². The molecule has 2 rings (SSSR count). The molecule has 0 aliphatic rings. The SMILES string of the molecule is CCCCCCCCCCNc1ncccc1C(=O)c1cccc(C)c1. The molecule has 140 valence electrons. The molecule has 0 unspecified atom stereocenters. The molecule has 1 heterocycles. The van der Waals surface area contributed by atoms with E-state index in [2.05, 4.69) is 17.2 Å². The van der Waals surface area contributed by atoms with E-state index in [0.717, 1.165) is 18.5 Å². The fourth-order valence-corrected chi connectivity index (χ4v) is 3.14. The summed E-state index contributed by atoms with van der Waals surface area (Å²) in [6, 6.07) is 11.4. The minimum Gasteiger partial charge on any atom is -0.369 e. The van der Waals surface area contributed by atoms with E-state index in [4.69, 9.17) is 0 Å². The molecule has 1 aromatic carbocycles. The van der Waals surface area contributed by atoms with Crippen molar-refractivity contribution in [3.8, 4) is 0 Å². The van der Waals surface area contributed by atoms with Gasteiger partial charge < -0.3 is 5.32 Å². The number of nitrogens with zero attached hydrogens (tertiary/aromatic N) is 1. The first-order valence-electron chi connectivity index (χ1n) is 10.0. The molecule has 3 heteroatoms. The van der Waals surface area contributed by atoms with Gasteiger partial charge >= 0.3 is 0 Å². The number of hydrogen-bond donors (Lipinski definition) is 1. The number of nitrogens with one attached hydrogen (secondary N) is 1. The molecule has 26 heavy (non-hydrogen) atoms. The number of ketones is 1.